The number of thioether (sulfide) groups is 1. The molecule has 2 rings (SSSR count). The van der Waals surface area contributed by atoms with Crippen LogP contribution in [0.2, 0.25) is 0 Å². The van der Waals surface area contributed by atoms with Gasteiger partial charge in [-0.05, 0) is 24.3 Å². The Balaban J connectivity index is 0.000000509. The van der Waals surface area contributed by atoms with Gasteiger partial charge in [0.1, 0.15) is 0 Å². The van der Waals surface area contributed by atoms with Crippen LogP contribution in [0.25, 0.3) is 0 Å². The zero-order valence-electron chi connectivity index (χ0n) is 11.3. The molecule has 0 bridgehead atoms. The fourth-order valence-electron chi connectivity index (χ4n) is 1.50. The van der Waals surface area contributed by atoms with Gasteiger partial charge in [-0.15, -0.1) is 11.8 Å². The first kappa shape index (κ1) is 15.4. The number of rotatable bonds is 0. The topological polar surface area (TPSA) is 3.24 Å². The standard InChI is InChI=1S/C10H13NS.2C2H6/c1-11-7-4-8-12-10-6-3-2-5-9(10)11;2*1-2/h2-3,5-6H,4,7-8H2,1H3;2*1-2H3. The fourth-order valence-corrected chi connectivity index (χ4v) is 2.54. The number of fused-ring (bicyclic) bond motifs is 1. The van der Waals surface area contributed by atoms with Crippen molar-refractivity contribution in [2.45, 2.75) is 39.0 Å². The molecule has 1 aliphatic rings. The van der Waals surface area contributed by atoms with E-state index in [0.717, 1.165) is 0 Å². The average Bonchev–Trinajstić information content (AvgIpc) is 2.57. The van der Waals surface area contributed by atoms with Crippen molar-refractivity contribution >= 4 is 17.4 Å². The van der Waals surface area contributed by atoms with Crippen LogP contribution in [0.15, 0.2) is 29.2 Å². The maximum absolute atomic E-state index is 2.34. The van der Waals surface area contributed by atoms with E-state index in [9.17, 15) is 0 Å². The van der Waals surface area contributed by atoms with Crippen LogP contribution in [0, 0.1) is 0 Å². The van der Waals surface area contributed by atoms with Crippen molar-refractivity contribution in [1.82, 2.24) is 0 Å². The summed E-state index contributed by atoms with van der Waals surface area (Å²) in [5.74, 6) is 1.25. The van der Waals surface area contributed by atoms with E-state index in [-0.39, 0.29) is 0 Å². The van der Waals surface area contributed by atoms with Crippen molar-refractivity contribution < 1.29 is 0 Å². The van der Waals surface area contributed by atoms with Crippen LogP contribution in [0.4, 0.5) is 5.69 Å². The molecule has 16 heavy (non-hydrogen) atoms. The predicted octanol–water partition coefficient (Wildman–Crippen LogP) is 4.67. The van der Waals surface area contributed by atoms with E-state index >= 15 is 0 Å². The Morgan fingerprint density at radius 2 is 1.69 bits per heavy atom. The summed E-state index contributed by atoms with van der Waals surface area (Å²) < 4.78 is 0. The molecule has 1 aliphatic heterocycles. The molecule has 0 aromatic heterocycles. The van der Waals surface area contributed by atoms with E-state index in [1.807, 2.05) is 39.5 Å². The molecule has 0 aliphatic carbocycles. The third-order valence-corrected chi connectivity index (χ3v) is 3.32. The molecule has 0 spiro atoms. The number of hydrogen-bond acceptors (Lipinski definition) is 2. The summed E-state index contributed by atoms with van der Waals surface area (Å²) >= 11 is 1.97. The summed E-state index contributed by atoms with van der Waals surface area (Å²) in [5.41, 5.74) is 1.39. The number of para-hydroxylation sites is 1. The largest absolute Gasteiger partial charge is 0.374 e. The molecule has 0 fully saturated rings. The quantitative estimate of drug-likeness (QED) is 0.647. The van der Waals surface area contributed by atoms with Gasteiger partial charge in [0.25, 0.3) is 0 Å². The van der Waals surface area contributed by atoms with E-state index in [2.05, 4.69) is 36.2 Å². The summed E-state index contributed by atoms with van der Waals surface area (Å²) in [6.45, 7) is 9.18. The second-order valence-corrected chi connectivity index (χ2v) is 4.23. The summed E-state index contributed by atoms with van der Waals surface area (Å²) in [6, 6.07) is 8.64. The van der Waals surface area contributed by atoms with Gasteiger partial charge in [0.05, 0.1) is 5.69 Å². The first-order valence-corrected chi connectivity index (χ1v) is 7.29. The number of anilines is 1. The Morgan fingerprint density at radius 1 is 1.06 bits per heavy atom. The molecule has 1 aromatic rings. The highest BCUT2D eigenvalue weighted by Gasteiger charge is 2.10. The molecule has 92 valence electrons. The molecule has 0 unspecified atom stereocenters. The molecule has 1 aromatic carbocycles. The summed E-state index contributed by atoms with van der Waals surface area (Å²) in [7, 11) is 2.17. The van der Waals surface area contributed by atoms with Crippen molar-refractivity contribution in [1.29, 1.82) is 0 Å². The minimum Gasteiger partial charge on any atom is -0.374 e. The Bertz CT molecular complexity index is 273. The molecule has 0 atom stereocenters. The lowest BCUT2D eigenvalue weighted by atomic mass is 10.3. The van der Waals surface area contributed by atoms with Crippen LogP contribution in [0.3, 0.4) is 0 Å². The van der Waals surface area contributed by atoms with Gasteiger partial charge in [-0.25, -0.2) is 0 Å². The van der Waals surface area contributed by atoms with Gasteiger partial charge >= 0.3 is 0 Å². The third kappa shape index (κ3) is 4.48. The molecular weight excluding hydrogens is 214 g/mol. The van der Waals surface area contributed by atoms with Crippen LogP contribution in [0.5, 0.6) is 0 Å². The summed E-state index contributed by atoms with van der Waals surface area (Å²) in [6.07, 6.45) is 1.29. The second-order valence-electron chi connectivity index (χ2n) is 3.09. The van der Waals surface area contributed by atoms with Gasteiger partial charge in [-0.3, -0.25) is 0 Å². The van der Waals surface area contributed by atoms with E-state index < -0.39 is 0 Å². The van der Waals surface area contributed by atoms with Crippen LogP contribution in [0.1, 0.15) is 34.1 Å². The molecular formula is C14H25NS. The van der Waals surface area contributed by atoms with Gasteiger partial charge in [0, 0.05) is 18.5 Å². The summed E-state index contributed by atoms with van der Waals surface area (Å²) in [5, 5.41) is 0. The molecule has 2 heteroatoms. The summed E-state index contributed by atoms with van der Waals surface area (Å²) in [4.78, 5) is 3.77. The van der Waals surface area contributed by atoms with E-state index in [0.29, 0.717) is 0 Å². The van der Waals surface area contributed by atoms with Crippen LogP contribution < -0.4 is 4.90 Å². The van der Waals surface area contributed by atoms with Crippen molar-refractivity contribution in [2.24, 2.45) is 0 Å². The van der Waals surface area contributed by atoms with Crippen molar-refractivity contribution in [2.75, 3.05) is 24.2 Å². The lowest BCUT2D eigenvalue weighted by molar-refractivity contribution is 0.862. The SMILES string of the molecule is CC.CC.CN1CCCSc2ccccc21. The van der Waals surface area contributed by atoms with Crippen LogP contribution in [-0.2, 0) is 0 Å². The molecule has 0 N–H and O–H groups in total. The third-order valence-electron chi connectivity index (χ3n) is 2.17. The second kappa shape index (κ2) is 9.59. The van der Waals surface area contributed by atoms with Gasteiger partial charge < -0.3 is 4.90 Å². The highest BCUT2D eigenvalue weighted by atomic mass is 32.2. The number of benzene rings is 1. The van der Waals surface area contributed by atoms with Crippen molar-refractivity contribution in [3.05, 3.63) is 24.3 Å². The van der Waals surface area contributed by atoms with E-state index in [1.54, 1.807) is 0 Å². The van der Waals surface area contributed by atoms with Crippen LogP contribution >= 0.6 is 11.8 Å². The first-order valence-electron chi connectivity index (χ1n) is 6.31. The lowest BCUT2D eigenvalue weighted by Gasteiger charge is -2.17. The molecule has 1 heterocycles. The Morgan fingerprint density at radius 3 is 2.38 bits per heavy atom. The normalized spacial score (nSPS) is 13.4. The Kier molecular flexibility index (Phi) is 9.21. The maximum atomic E-state index is 2.34. The van der Waals surface area contributed by atoms with Gasteiger partial charge in [0.2, 0.25) is 0 Å². The first-order chi connectivity index (χ1) is 7.88. The molecule has 0 amide bonds. The Hall–Kier alpha value is -0.630. The van der Waals surface area contributed by atoms with Gasteiger partial charge in [-0.2, -0.15) is 0 Å². The zero-order valence-corrected chi connectivity index (χ0v) is 12.1. The van der Waals surface area contributed by atoms with Crippen molar-refractivity contribution in [3.8, 4) is 0 Å². The highest BCUT2D eigenvalue weighted by molar-refractivity contribution is 7.99. The van der Waals surface area contributed by atoms with Gasteiger partial charge in [0.15, 0.2) is 0 Å². The Labute approximate surface area is 105 Å². The monoisotopic (exact) mass is 239 g/mol. The number of nitrogens with zero attached hydrogens (tertiary/aromatic N) is 1. The number of hydrogen-bond donors (Lipinski definition) is 0. The lowest BCUT2D eigenvalue weighted by Crippen LogP contribution is -2.17. The highest BCUT2D eigenvalue weighted by Crippen LogP contribution is 2.32. The van der Waals surface area contributed by atoms with Gasteiger partial charge in [-0.1, -0.05) is 39.8 Å². The fraction of sp³-hybridized carbons (Fsp3) is 0.571. The maximum Gasteiger partial charge on any atom is 0.0501 e. The molecule has 1 nitrogen and oxygen atoms in total. The minimum absolute atomic E-state index is 1.18. The molecule has 0 saturated heterocycles. The van der Waals surface area contributed by atoms with E-state index in [4.69, 9.17) is 0 Å². The average molecular weight is 239 g/mol. The van der Waals surface area contributed by atoms with Crippen molar-refractivity contribution in [3.63, 3.8) is 0 Å². The smallest absolute Gasteiger partial charge is 0.0501 e. The predicted molar refractivity (Wildman–Crippen MR) is 77.7 cm³/mol. The van der Waals surface area contributed by atoms with E-state index in [1.165, 1.54) is 29.3 Å². The van der Waals surface area contributed by atoms with Crippen LogP contribution in [-0.4, -0.2) is 19.3 Å². The molecule has 0 radical (unpaired) electrons. The zero-order chi connectivity index (χ0) is 12.4. The molecule has 0 saturated carbocycles. The minimum atomic E-state index is 1.18.